The summed E-state index contributed by atoms with van der Waals surface area (Å²) in [5.74, 6) is -0.882. The van der Waals surface area contributed by atoms with Gasteiger partial charge in [-0.3, -0.25) is 9.59 Å². The standard InChI is InChI=1S/C5H7N3O2S/c6-3(9)1-2-4(10)8-5(7)11-2/h2H,1H2,(H2,6,9)(H2,7,8,10)/t2-/m1/s1. The van der Waals surface area contributed by atoms with Crippen molar-refractivity contribution in [2.45, 2.75) is 11.7 Å². The zero-order valence-electron chi connectivity index (χ0n) is 5.61. The molecular formula is C5H7N3O2S. The van der Waals surface area contributed by atoms with Crippen molar-refractivity contribution in [2.24, 2.45) is 16.5 Å². The molecule has 0 bridgehead atoms. The van der Waals surface area contributed by atoms with E-state index in [-0.39, 0.29) is 17.5 Å². The van der Waals surface area contributed by atoms with Crippen LogP contribution < -0.4 is 11.5 Å². The monoisotopic (exact) mass is 173 g/mol. The number of hydrogen-bond donors (Lipinski definition) is 2. The summed E-state index contributed by atoms with van der Waals surface area (Å²) in [7, 11) is 0. The van der Waals surface area contributed by atoms with E-state index in [4.69, 9.17) is 11.5 Å². The highest BCUT2D eigenvalue weighted by molar-refractivity contribution is 8.15. The molecule has 0 fully saturated rings. The molecule has 1 atom stereocenters. The molecule has 0 spiro atoms. The molecule has 60 valence electrons. The third-order valence-electron chi connectivity index (χ3n) is 1.15. The zero-order valence-corrected chi connectivity index (χ0v) is 6.43. The predicted octanol–water partition coefficient (Wildman–Crippen LogP) is -1.18. The SMILES string of the molecule is NC(=O)C[C@H]1SC(N)=NC1=O. The fourth-order valence-electron chi connectivity index (χ4n) is 0.715. The van der Waals surface area contributed by atoms with E-state index >= 15 is 0 Å². The van der Waals surface area contributed by atoms with Crippen LogP contribution >= 0.6 is 11.8 Å². The third-order valence-corrected chi connectivity index (χ3v) is 2.13. The van der Waals surface area contributed by atoms with Crippen LogP contribution in [0.5, 0.6) is 0 Å². The van der Waals surface area contributed by atoms with Gasteiger partial charge in [0.2, 0.25) is 5.91 Å². The van der Waals surface area contributed by atoms with Crippen LogP contribution in [0.25, 0.3) is 0 Å². The van der Waals surface area contributed by atoms with Crippen LogP contribution in [0.3, 0.4) is 0 Å². The maximum Gasteiger partial charge on any atom is 0.262 e. The first-order valence-electron chi connectivity index (χ1n) is 2.92. The second-order valence-electron chi connectivity index (χ2n) is 2.07. The molecule has 0 saturated carbocycles. The molecule has 0 aromatic carbocycles. The number of amidine groups is 1. The van der Waals surface area contributed by atoms with Crippen molar-refractivity contribution in [1.82, 2.24) is 0 Å². The summed E-state index contributed by atoms with van der Waals surface area (Å²) in [6, 6.07) is 0. The minimum Gasteiger partial charge on any atom is -0.378 e. The normalized spacial score (nSPS) is 23.5. The average Bonchev–Trinajstić information content (AvgIpc) is 2.09. The molecule has 1 rings (SSSR count). The lowest BCUT2D eigenvalue weighted by Gasteiger charge is -2.00. The van der Waals surface area contributed by atoms with Crippen LogP contribution in [0.15, 0.2) is 4.99 Å². The maximum absolute atomic E-state index is 10.8. The second-order valence-corrected chi connectivity index (χ2v) is 3.29. The van der Waals surface area contributed by atoms with Gasteiger partial charge in [-0.25, -0.2) is 0 Å². The quantitative estimate of drug-likeness (QED) is 0.549. The summed E-state index contributed by atoms with van der Waals surface area (Å²) in [5.41, 5.74) is 10.1. The number of aliphatic imine (C=N–C) groups is 1. The number of rotatable bonds is 2. The minimum absolute atomic E-state index is 0.00764. The summed E-state index contributed by atoms with van der Waals surface area (Å²) in [4.78, 5) is 24.6. The minimum atomic E-state index is -0.513. The fourth-order valence-corrected chi connectivity index (χ4v) is 1.55. The van der Waals surface area contributed by atoms with E-state index in [0.717, 1.165) is 11.8 Å². The van der Waals surface area contributed by atoms with E-state index in [1.54, 1.807) is 0 Å². The van der Waals surface area contributed by atoms with E-state index in [2.05, 4.69) is 4.99 Å². The Labute approximate surface area is 67.2 Å². The third kappa shape index (κ3) is 1.94. The van der Waals surface area contributed by atoms with E-state index < -0.39 is 11.2 Å². The molecule has 0 unspecified atom stereocenters. The highest BCUT2D eigenvalue weighted by Gasteiger charge is 2.28. The van der Waals surface area contributed by atoms with Gasteiger partial charge < -0.3 is 11.5 Å². The Bertz CT molecular complexity index is 238. The van der Waals surface area contributed by atoms with Crippen LogP contribution in [0, 0.1) is 0 Å². The number of primary amides is 1. The predicted molar refractivity (Wildman–Crippen MR) is 41.8 cm³/mol. The Morgan fingerprint density at radius 1 is 1.73 bits per heavy atom. The molecule has 1 aliphatic heterocycles. The van der Waals surface area contributed by atoms with E-state index in [9.17, 15) is 9.59 Å². The molecule has 1 aliphatic rings. The fraction of sp³-hybridized carbons (Fsp3) is 0.400. The van der Waals surface area contributed by atoms with Gasteiger partial charge in [0.1, 0.15) is 5.25 Å². The largest absolute Gasteiger partial charge is 0.378 e. The first-order chi connectivity index (χ1) is 5.09. The van der Waals surface area contributed by atoms with Crippen molar-refractivity contribution in [3.8, 4) is 0 Å². The van der Waals surface area contributed by atoms with E-state index in [0.29, 0.717) is 0 Å². The van der Waals surface area contributed by atoms with Crippen LogP contribution in [0.2, 0.25) is 0 Å². The number of nitrogens with two attached hydrogens (primary N) is 2. The summed E-state index contributed by atoms with van der Waals surface area (Å²) in [5, 5.41) is -0.284. The van der Waals surface area contributed by atoms with Crippen LogP contribution in [0.4, 0.5) is 0 Å². The van der Waals surface area contributed by atoms with Gasteiger partial charge in [0.05, 0.1) is 0 Å². The molecule has 0 aromatic heterocycles. The van der Waals surface area contributed by atoms with Crippen molar-refractivity contribution in [3.05, 3.63) is 0 Å². The molecule has 4 N–H and O–H groups in total. The van der Waals surface area contributed by atoms with Gasteiger partial charge in [-0.05, 0) is 0 Å². The number of thioether (sulfide) groups is 1. The van der Waals surface area contributed by atoms with Gasteiger partial charge in [0, 0.05) is 6.42 Å². The van der Waals surface area contributed by atoms with E-state index in [1.807, 2.05) is 0 Å². The first kappa shape index (κ1) is 8.06. The average molecular weight is 173 g/mol. The molecule has 0 saturated heterocycles. The molecule has 0 aromatic rings. The first-order valence-corrected chi connectivity index (χ1v) is 3.80. The van der Waals surface area contributed by atoms with Crippen molar-refractivity contribution >= 4 is 28.7 Å². The lowest BCUT2D eigenvalue weighted by atomic mass is 10.3. The number of carbonyl (C=O) groups is 2. The van der Waals surface area contributed by atoms with Gasteiger partial charge in [-0.2, -0.15) is 4.99 Å². The zero-order chi connectivity index (χ0) is 8.43. The lowest BCUT2D eigenvalue weighted by Crippen LogP contribution is -2.21. The molecule has 0 aliphatic carbocycles. The van der Waals surface area contributed by atoms with Crippen LogP contribution in [-0.2, 0) is 9.59 Å². The molecule has 11 heavy (non-hydrogen) atoms. The molecule has 5 nitrogen and oxygen atoms in total. The topological polar surface area (TPSA) is 98.5 Å². The Balaban J connectivity index is 2.53. The number of carbonyl (C=O) groups excluding carboxylic acids is 2. The summed E-state index contributed by atoms with van der Waals surface area (Å²) >= 11 is 1.08. The Morgan fingerprint density at radius 2 is 2.36 bits per heavy atom. The van der Waals surface area contributed by atoms with Gasteiger partial charge >= 0.3 is 0 Å². The van der Waals surface area contributed by atoms with Crippen molar-refractivity contribution in [2.75, 3.05) is 0 Å². The van der Waals surface area contributed by atoms with Gasteiger partial charge in [0.15, 0.2) is 5.17 Å². The lowest BCUT2D eigenvalue weighted by molar-refractivity contribution is -0.122. The number of nitrogens with zero attached hydrogens (tertiary/aromatic N) is 1. The molecular weight excluding hydrogens is 166 g/mol. The number of amides is 2. The van der Waals surface area contributed by atoms with E-state index in [1.165, 1.54) is 0 Å². The maximum atomic E-state index is 10.8. The highest BCUT2D eigenvalue weighted by Crippen LogP contribution is 2.21. The summed E-state index contributed by atoms with van der Waals surface area (Å²) < 4.78 is 0. The molecule has 1 heterocycles. The molecule has 0 radical (unpaired) electrons. The second kappa shape index (κ2) is 2.91. The summed E-state index contributed by atoms with van der Waals surface area (Å²) in [6.07, 6.45) is 0.00764. The Hall–Kier alpha value is -1.04. The van der Waals surface area contributed by atoms with Crippen LogP contribution in [0.1, 0.15) is 6.42 Å². The van der Waals surface area contributed by atoms with Crippen LogP contribution in [-0.4, -0.2) is 22.2 Å². The summed E-state index contributed by atoms with van der Waals surface area (Å²) in [6.45, 7) is 0. The Kier molecular flexibility index (Phi) is 2.13. The van der Waals surface area contributed by atoms with Crippen molar-refractivity contribution < 1.29 is 9.59 Å². The highest BCUT2D eigenvalue weighted by atomic mass is 32.2. The van der Waals surface area contributed by atoms with Gasteiger partial charge in [0.25, 0.3) is 5.91 Å². The number of hydrogen-bond acceptors (Lipinski definition) is 4. The van der Waals surface area contributed by atoms with Gasteiger partial charge in [-0.15, -0.1) is 0 Å². The van der Waals surface area contributed by atoms with Gasteiger partial charge in [-0.1, -0.05) is 11.8 Å². The Morgan fingerprint density at radius 3 is 2.73 bits per heavy atom. The molecule has 6 heteroatoms. The smallest absolute Gasteiger partial charge is 0.262 e. The molecule has 2 amide bonds. The van der Waals surface area contributed by atoms with Crippen molar-refractivity contribution in [3.63, 3.8) is 0 Å². The van der Waals surface area contributed by atoms with Crippen molar-refractivity contribution in [1.29, 1.82) is 0 Å².